The first-order valence-corrected chi connectivity index (χ1v) is 7.33. The third-order valence-electron chi connectivity index (χ3n) is 3.39. The van der Waals surface area contributed by atoms with E-state index in [0.29, 0.717) is 5.02 Å². The van der Waals surface area contributed by atoms with Gasteiger partial charge in [0, 0.05) is 11.1 Å². The van der Waals surface area contributed by atoms with Crippen molar-refractivity contribution in [1.29, 1.82) is 0 Å². The Hall–Kier alpha value is -1.58. The summed E-state index contributed by atoms with van der Waals surface area (Å²) in [4.78, 5) is 0. The van der Waals surface area contributed by atoms with E-state index < -0.39 is 0 Å². The van der Waals surface area contributed by atoms with Gasteiger partial charge in [-0.15, -0.1) is 0 Å². The van der Waals surface area contributed by atoms with Crippen LogP contribution in [0.1, 0.15) is 24.1 Å². The third-order valence-corrected chi connectivity index (χ3v) is 3.62. The smallest absolute Gasteiger partial charge is 0.123 e. The van der Waals surface area contributed by atoms with Crippen molar-refractivity contribution >= 4 is 11.6 Å². The number of hydrogen-bond donors (Lipinski definition) is 1. The lowest BCUT2D eigenvalue weighted by Crippen LogP contribution is -2.23. The van der Waals surface area contributed by atoms with Crippen LogP contribution >= 0.6 is 11.6 Å². The van der Waals surface area contributed by atoms with Gasteiger partial charge >= 0.3 is 0 Å². The lowest BCUT2D eigenvalue weighted by atomic mass is 9.98. The maximum absolute atomic E-state index is 13.1. The van der Waals surface area contributed by atoms with Gasteiger partial charge in [-0.3, -0.25) is 0 Å². The molecule has 112 valence electrons. The fourth-order valence-electron chi connectivity index (χ4n) is 2.38. The van der Waals surface area contributed by atoms with Crippen LogP contribution < -0.4 is 10.1 Å². The molecule has 0 aliphatic heterocycles. The first kappa shape index (κ1) is 15.8. The van der Waals surface area contributed by atoms with Crippen LogP contribution in [0.2, 0.25) is 5.02 Å². The quantitative estimate of drug-likeness (QED) is 0.855. The van der Waals surface area contributed by atoms with Crippen LogP contribution in [0, 0.1) is 5.82 Å². The van der Waals surface area contributed by atoms with Crippen molar-refractivity contribution in [3.63, 3.8) is 0 Å². The van der Waals surface area contributed by atoms with Crippen LogP contribution in [0.25, 0.3) is 0 Å². The molecule has 1 N–H and O–H groups in total. The molecule has 4 heteroatoms. The first-order valence-electron chi connectivity index (χ1n) is 6.95. The van der Waals surface area contributed by atoms with E-state index in [1.54, 1.807) is 19.2 Å². The van der Waals surface area contributed by atoms with E-state index in [-0.39, 0.29) is 11.9 Å². The minimum Gasteiger partial charge on any atom is -0.496 e. The normalized spacial score (nSPS) is 12.2. The zero-order valence-electron chi connectivity index (χ0n) is 12.2. The van der Waals surface area contributed by atoms with E-state index in [0.717, 1.165) is 29.8 Å². The Kier molecular flexibility index (Phi) is 5.59. The van der Waals surface area contributed by atoms with E-state index in [2.05, 4.69) is 5.32 Å². The summed E-state index contributed by atoms with van der Waals surface area (Å²) in [5, 5.41) is 4.10. The summed E-state index contributed by atoms with van der Waals surface area (Å²) in [6, 6.07) is 12.2. The second-order valence-corrected chi connectivity index (χ2v) is 5.26. The molecule has 2 aromatic rings. The SMILES string of the molecule is CCNC(Cc1cc(Cl)ccc1OC)c1ccc(F)cc1. The summed E-state index contributed by atoms with van der Waals surface area (Å²) in [7, 11) is 1.65. The summed E-state index contributed by atoms with van der Waals surface area (Å²) >= 11 is 6.08. The van der Waals surface area contributed by atoms with E-state index in [1.807, 2.05) is 25.1 Å². The van der Waals surface area contributed by atoms with Crippen molar-refractivity contribution in [2.45, 2.75) is 19.4 Å². The predicted molar refractivity (Wildman–Crippen MR) is 84.5 cm³/mol. The minimum atomic E-state index is -0.227. The van der Waals surface area contributed by atoms with Gasteiger partial charge in [0.05, 0.1) is 7.11 Å². The number of halogens is 2. The highest BCUT2D eigenvalue weighted by molar-refractivity contribution is 6.30. The van der Waals surface area contributed by atoms with Gasteiger partial charge < -0.3 is 10.1 Å². The van der Waals surface area contributed by atoms with Crippen molar-refractivity contribution in [3.05, 3.63) is 64.4 Å². The Morgan fingerprint density at radius 1 is 1.19 bits per heavy atom. The van der Waals surface area contributed by atoms with Gasteiger partial charge in [0.1, 0.15) is 11.6 Å². The van der Waals surface area contributed by atoms with Gasteiger partial charge in [-0.1, -0.05) is 30.7 Å². The molecule has 0 saturated heterocycles. The standard InChI is InChI=1S/C17H19ClFNO/c1-3-20-16(12-4-7-15(19)8-5-12)11-13-10-14(18)6-9-17(13)21-2/h4-10,16,20H,3,11H2,1-2H3. The fourth-order valence-corrected chi connectivity index (χ4v) is 2.57. The molecule has 0 spiro atoms. The van der Waals surface area contributed by atoms with Crippen molar-refractivity contribution < 1.29 is 9.13 Å². The molecular formula is C17H19ClFNO. The summed E-state index contributed by atoms with van der Waals surface area (Å²) in [5.41, 5.74) is 2.07. The molecular weight excluding hydrogens is 289 g/mol. The minimum absolute atomic E-state index is 0.0861. The second-order valence-electron chi connectivity index (χ2n) is 4.82. The largest absolute Gasteiger partial charge is 0.496 e. The second kappa shape index (κ2) is 7.43. The predicted octanol–water partition coefficient (Wildman–Crippen LogP) is 4.38. The van der Waals surface area contributed by atoms with Crippen LogP contribution in [-0.2, 0) is 6.42 Å². The van der Waals surface area contributed by atoms with Crippen molar-refractivity contribution in [1.82, 2.24) is 5.32 Å². The topological polar surface area (TPSA) is 21.3 Å². The fraction of sp³-hybridized carbons (Fsp3) is 0.294. The molecule has 1 atom stereocenters. The maximum atomic E-state index is 13.1. The molecule has 0 saturated carbocycles. The molecule has 2 aromatic carbocycles. The first-order chi connectivity index (χ1) is 10.1. The van der Waals surface area contributed by atoms with E-state index in [9.17, 15) is 4.39 Å². The van der Waals surface area contributed by atoms with Gasteiger partial charge in [-0.05, 0) is 54.4 Å². The van der Waals surface area contributed by atoms with Gasteiger partial charge in [0.15, 0.2) is 0 Å². The molecule has 0 amide bonds. The summed E-state index contributed by atoms with van der Waals surface area (Å²) in [6.07, 6.45) is 0.725. The monoisotopic (exact) mass is 307 g/mol. The molecule has 0 fully saturated rings. The highest BCUT2D eigenvalue weighted by Gasteiger charge is 2.14. The molecule has 1 unspecified atom stereocenters. The Morgan fingerprint density at radius 3 is 2.52 bits per heavy atom. The molecule has 21 heavy (non-hydrogen) atoms. The summed E-state index contributed by atoms with van der Waals surface area (Å²) < 4.78 is 18.5. The van der Waals surface area contributed by atoms with Crippen molar-refractivity contribution in [3.8, 4) is 5.75 Å². The van der Waals surface area contributed by atoms with Crippen LogP contribution in [0.5, 0.6) is 5.75 Å². The average molecular weight is 308 g/mol. The molecule has 0 radical (unpaired) electrons. The Morgan fingerprint density at radius 2 is 1.90 bits per heavy atom. The lowest BCUT2D eigenvalue weighted by Gasteiger charge is -2.20. The Labute approximate surface area is 129 Å². The van der Waals surface area contributed by atoms with E-state index >= 15 is 0 Å². The highest BCUT2D eigenvalue weighted by Crippen LogP contribution is 2.28. The Bertz CT molecular complexity index is 586. The molecule has 0 aliphatic rings. The Balaban J connectivity index is 2.27. The number of methoxy groups -OCH3 is 1. The molecule has 0 aromatic heterocycles. The number of hydrogen-bond acceptors (Lipinski definition) is 2. The molecule has 2 rings (SSSR count). The number of rotatable bonds is 6. The number of likely N-dealkylation sites (N-methyl/N-ethyl adjacent to an activating group) is 1. The maximum Gasteiger partial charge on any atom is 0.123 e. The van der Waals surface area contributed by atoms with Crippen molar-refractivity contribution in [2.24, 2.45) is 0 Å². The number of nitrogens with one attached hydrogen (secondary N) is 1. The number of benzene rings is 2. The van der Waals surface area contributed by atoms with E-state index in [4.69, 9.17) is 16.3 Å². The third kappa shape index (κ3) is 4.19. The highest BCUT2D eigenvalue weighted by atomic mass is 35.5. The van der Waals surface area contributed by atoms with Crippen LogP contribution in [-0.4, -0.2) is 13.7 Å². The molecule has 0 aliphatic carbocycles. The molecule has 0 heterocycles. The van der Waals surface area contributed by atoms with Crippen molar-refractivity contribution in [2.75, 3.05) is 13.7 Å². The zero-order chi connectivity index (χ0) is 15.2. The summed E-state index contributed by atoms with van der Waals surface area (Å²) in [5.74, 6) is 0.582. The van der Waals surface area contributed by atoms with E-state index in [1.165, 1.54) is 12.1 Å². The van der Waals surface area contributed by atoms with Gasteiger partial charge in [0.2, 0.25) is 0 Å². The number of ether oxygens (including phenoxy) is 1. The van der Waals surface area contributed by atoms with Crippen LogP contribution in [0.15, 0.2) is 42.5 Å². The lowest BCUT2D eigenvalue weighted by molar-refractivity contribution is 0.405. The summed E-state index contributed by atoms with van der Waals surface area (Å²) in [6.45, 7) is 2.87. The average Bonchev–Trinajstić information content (AvgIpc) is 2.48. The van der Waals surface area contributed by atoms with Gasteiger partial charge in [-0.25, -0.2) is 4.39 Å². The van der Waals surface area contributed by atoms with Gasteiger partial charge in [0.25, 0.3) is 0 Å². The van der Waals surface area contributed by atoms with Crippen LogP contribution in [0.4, 0.5) is 4.39 Å². The van der Waals surface area contributed by atoms with Gasteiger partial charge in [-0.2, -0.15) is 0 Å². The molecule has 0 bridgehead atoms. The molecule has 2 nitrogen and oxygen atoms in total. The van der Waals surface area contributed by atoms with Crippen LogP contribution in [0.3, 0.4) is 0 Å². The zero-order valence-corrected chi connectivity index (χ0v) is 13.0.